The summed E-state index contributed by atoms with van der Waals surface area (Å²) in [4.78, 5) is 26.7. The van der Waals surface area contributed by atoms with Crippen LogP contribution in [-0.4, -0.2) is 30.6 Å². The molecule has 5 nitrogen and oxygen atoms in total. The van der Waals surface area contributed by atoms with Gasteiger partial charge in [0, 0.05) is 6.54 Å². The first-order valence-electron chi connectivity index (χ1n) is 7.90. The molecule has 1 saturated heterocycles. The lowest BCUT2D eigenvalue weighted by molar-refractivity contribution is 0.0607. The van der Waals surface area contributed by atoms with Gasteiger partial charge in [-0.05, 0) is 36.8 Å². The molecule has 1 aliphatic heterocycles. The number of thiophene rings is 1. The lowest BCUT2D eigenvalue weighted by Gasteiger charge is -2.25. The summed E-state index contributed by atoms with van der Waals surface area (Å²) in [5.41, 5.74) is 2.85. The van der Waals surface area contributed by atoms with E-state index in [0.29, 0.717) is 17.1 Å². The van der Waals surface area contributed by atoms with Gasteiger partial charge in [-0.2, -0.15) is 0 Å². The number of anilines is 1. The molecule has 2 heterocycles. The van der Waals surface area contributed by atoms with Crippen molar-refractivity contribution in [3.8, 4) is 0 Å². The number of carbonyl (C=O) groups is 2. The summed E-state index contributed by atoms with van der Waals surface area (Å²) in [5, 5.41) is 4.63. The zero-order chi connectivity index (χ0) is 17.1. The highest BCUT2D eigenvalue weighted by atomic mass is 32.1. The normalized spacial score (nSPS) is 16.9. The molecule has 1 N–H and O–H groups in total. The number of hydrogen-bond donors (Lipinski definition) is 1. The molecule has 0 radical (unpaired) electrons. The second-order valence-corrected chi connectivity index (χ2v) is 6.77. The predicted octanol–water partition coefficient (Wildman–Crippen LogP) is 4.21. The van der Waals surface area contributed by atoms with E-state index < -0.39 is 5.97 Å². The van der Waals surface area contributed by atoms with Crippen molar-refractivity contribution < 1.29 is 14.3 Å². The van der Waals surface area contributed by atoms with Gasteiger partial charge in [0.1, 0.15) is 4.88 Å². The number of hydrogen-bond acceptors (Lipinski definition) is 4. The molecule has 0 saturated carbocycles. The fourth-order valence-electron chi connectivity index (χ4n) is 3.08. The summed E-state index contributed by atoms with van der Waals surface area (Å²) in [5.74, 6) is -0.433. The predicted molar refractivity (Wildman–Crippen MR) is 94.5 cm³/mol. The van der Waals surface area contributed by atoms with Crippen molar-refractivity contribution in [3.63, 3.8) is 0 Å². The second-order valence-electron chi connectivity index (χ2n) is 5.85. The van der Waals surface area contributed by atoms with Gasteiger partial charge in [-0.3, -0.25) is 0 Å². The number of amides is 2. The molecule has 24 heavy (non-hydrogen) atoms. The van der Waals surface area contributed by atoms with Crippen molar-refractivity contribution in [2.24, 2.45) is 0 Å². The van der Waals surface area contributed by atoms with Crippen LogP contribution < -0.4 is 5.32 Å². The van der Waals surface area contributed by atoms with E-state index in [9.17, 15) is 9.59 Å². The van der Waals surface area contributed by atoms with Crippen molar-refractivity contribution >= 4 is 29.0 Å². The summed E-state index contributed by atoms with van der Waals surface area (Å²) in [6, 6.07) is 9.89. The standard InChI is InChI=1S/C18H20N2O3S/c1-12-5-3-6-13(11-12)15-7-4-9-20(15)18(22)19-14-8-10-24-16(14)17(21)23-2/h3,5-6,8,10-11,15H,4,7,9H2,1-2H3,(H,19,22)/t15-/m1/s1. The maximum atomic E-state index is 12.7. The van der Waals surface area contributed by atoms with E-state index in [1.165, 1.54) is 24.0 Å². The number of carbonyl (C=O) groups excluding carboxylic acids is 2. The third-order valence-corrected chi connectivity index (χ3v) is 5.11. The van der Waals surface area contributed by atoms with Crippen LogP contribution in [0.15, 0.2) is 35.7 Å². The number of ether oxygens (including phenoxy) is 1. The summed E-state index contributed by atoms with van der Waals surface area (Å²) in [7, 11) is 1.34. The zero-order valence-electron chi connectivity index (χ0n) is 13.7. The molecule has 1 aromatic carbocycles. The number of methoxy groups -OCH3 is 1. The zero-order valence-corrected chi connectivity index (χ0v) is 14.6. The monoisotopic (exact) mass is 344 g/mol. The summed E-state index contributed by atoms with van der Waals surface area (Å²) in [6.45, 7) is 2.76. The van der Waals surface area contributed by atoms with Crippen LogP contribution in [0.4, 0.5) is 10.5 Å². The quantitative estimate of drug-likeness (QED) is 0.849. The van der Waals surface area contributed by atoms with Crippen molar-refractivity contribution in [2.75, 3.05) is 19.0 Å². The molecule has 2 amide bonds. The summed E-state index contributed by atoms with van der Waals surface area (Å²) in [6.07, 6.45) is 1.92. The molecule has 1 aromatic heterocycles. The Morgan fingerprint density at radius 1 is 1.33 bits per heavy atom. The average Bonchev–Trinajstić information content (AvgIpc) is 3.23. The van der Waals surface area contributed by atoms with Crippen LogP contribution in [0.3, 0.4) is 0 Å². The third kappa shape index (κ3) is 3.28. The van der Waals surface area contributed by atoms with E-state index >= 15 is 0 Å². The molecular weight excluding hydrogens is 324 g/mol. The molecule has 0 aliphatic carbocycles. The smallest absolute Gasteiger partial charge is 0.350 e. The Balaban J connectivity index is 1.77. The molecule has 0 spiro atoms. The molecule has 0 bridgehead atoms. The first-order chi connectivity index (χ1) is 11.6. The molecular formula is C18H20N2O3S. The number of nitrogens with zero attached hydrogens (tertiary/aromatic N) is 1. The van der Waals surface area contributed by atoms with Crippen LogP contribution in [-0.2, 0) is 4.74 Å². The van der Waals surface area contributed by atoms with Crippen molar-refractivity contribution in [2.45, 2.75) is 25.8 Å². The molecule has 6 heteroatoms. The number of benzene rings is 1. The third-order valence-electron chi connectivity index (χ3n) is 4.22. The average molecular weight is 344 g/mol. The Morgan fingerprint density at radius 2 is 2.17 bits per heavy atom. The number of aryl methyl sites for hydroxylation is 1. The minimum atomic E-state index is -0.433. The van der Waals surface area contributed by atoms with Crippen LogP contribution in [0.1, 0.15) is 39.7 Å². The Labute approximate surface area is 145 Å². The maximum absolute atomic E-state index is 12.7. The highest BCUT2D eigenvalue weighted by Crippen LogP contribution is 2.33. The van der Waals surface area contributed by atoms with E-state index in [2.05, 4.69) is 30.4 Å². The molecule has 0 unspecified atom stereocenters. The van der Waals surface area contributed by atoms with Gasteiger partial charge in [0.05, 0.1) is 18.8 Å². The molecule has 1 atom stereocenters. The number of nitrogens with one attached hydrogen (secondary N) is 1. The topological polar surface area (TPSA) is 58.6 Å². The van der Waals surface area contributed by atoms with E-state index in [1.807, 2.05) is 11.0 Å². The minimum Gasteiger partial charge on any atom is -0.465 e. The van der Waals surface area contributed by atoms with Crippen molar-refractivity contribution in [3.05, 3.63) is 51.7 Å². The van der Waals surface area contributed by atoms with Crippen LogP contribution in [0, 0.1) is 6.92 Å². The van der Waals surface area contributed by atoms with E-state index in [4.69, 9.17) is 4.74 Å². The largest absolute Gasteiger partial charge is 0.465 e. The van der Waals surface area contributed by atoms with Gasteiger partial charge in [0.2, 0.25) is 0 Å². The molecule has 1 aliphatic rings. The Hall–Kier alpha value is -2.34. The minimum absolute atomic E-state index is 0.0742. The Bertz CT molecular complexity index is 756. The lowest BCUT2D eigenvalue weighted by Crippen LogP contribution is -2.34. The van der Waals surface area contributed by atoms with Gasteiger partial charge in [0.25, 0.3) is 0 Å². The maximum Gasteiger partial charge on any atom is 0.350 e. The first-order valence-corrected chi connectivity index (χ1v) is 8.78. The number of esters is 1. The summed E-state index contributed by atoms with van der Waals surface area (Å²) < 4.78 is 4.75. The summed E-state index contributed by atoms with van der Waals surface area (Å²) >= 11 is 1.26. The fraction of sp³-hybridized carbons (Fsp3) is 0.333. The van der Waals surface area contributed by atoms with Crippen molar-refractivity contribution in [1.29, 1.82) is 0 Å². The fourth-order valence-corrected chi connectivity index (χ4v) is 3.85. The van der Waals surface area contributed by atoms with Gasteiger partial charge in [-0.15, -0.1) is 11.3 Å². The van der Waals surface area contributed by atoms with E-state index in [-0.39, 0.29) is 12.1 Å². The van der Waals surface area contributed by atoms with Crippen LogP contribution in [0.2, 0.25) is 0 Å². The van der Waals surface area contributed by atoms with Crippen LogP contribution in [0.25, 0.3) is 0 Å². The number of urea groups is 1. The van der Waals surface area contributed by atoms with Gasteiger partial charge in [0.15, 0.2) is 0 Å². The van der Waals surface area contributed by atoms with Gasteiger partial charge in [-0.1, -0.05) is 29.8 Å². The highest BCUT2D eigenvalue weighted by Gasteiger charge is 2.30. The lowest BCUT2D eigenvalue weighted by atomic mass is 10.0. The second kappa shape index (κ2) is 7.05. The molecule has 1 fully saturated rings. The van der Waals surface area contributed by atoms with Crippen LogP contribution in [0.5, 0.6) is 0 Å². The Kier molecular flexibility index (Phi) is 4.85. The highest BCUT2D eigenvalue weighted by molar-refractivity contribution is 7.12. The van der Waals surface area contributed by atoms with Gasteiger partial charge < -0.3 is 15.0 Å². The van der Waals surface area contributed by atoms with E-state index in [1.54, 1.807) is 11.4 Å². The molecule has 3 rings (SSSR count). The van der Waals surface area contributed by atoms with E-state index in [0.717, 1.165) is 18.4 Å². The van der Waals surface area contributed by atoms with Gasteiger partial charge >= 0.3 is 12.0 Å². The SMILES string of the molecule is COC(=O)c1sccc1NC(=O)N1CCC[C@@H]1c1cccc(C)c1. The molecule has 2 aromatic rings. The number of rotatable bonds is 3. The van der Waals surface area contributed by atoms with Crippen LogP contribution >= 0.6 is 11.3 Å². The Morgan fingerprint density at radius 3 is 2.92 bits per heavy atom. The number of likely N-dealkylation sites (tertiary alicyclic amines) is 1. The van der Waals surface area contributed by atoms with Crippen molar-refractivity contribution in [1.82, 2.24) is 4.90 Å². The first kappa shape index (κ1) is 16.5. The van der Waals surface area contributed by atoms with Gasteiger partial charge in [-0.25, -0.2) is 9.59 Å². The molecule has 126 valence electrons.